The van der Waals surface area contributed by atoms with Crippen LogP contribution >= 0.6 is 0 Å². The predicted molar refractivity (Wildman–Crippen MR) is 72.0 cm³/mol. The van der Waals surface area contributed by atoms with Gasteiger partial charge in [-0.25, -0.2) is 12.7 Å². The standard InChI is InChI=1S/C13H21NO3S/c1-10-5-6-13(9-11(10)2)18(16,17)14(4)8-7-12(3)15/h5-6,9,12,15H,7-8H2,1-4H3. The second-order valence-electron chi connectivity index (χ2n) is 4.71. The third-order valence-electron chi connectivity index (χ3n) is 3.05. The number of nitrogens with zero attached hydrogens (tertiary/aromatic N) is 1. The van der Waals surface area contributed by atoms with Gasteiger partial charge in [0.05, 0.1) is 11.0 Å². The molecule has 0 saturated heterocycles. The summed E-state index contributed by atoms with van der Waals surface area (Å²) < 4.78 is 25.8. The Morgan fingerprint density at radius 3 is 2.39 bits per heavy atom. The summed E-state index contributed by atoms with van der Waals surface area (Å²) in [6.45, 7) is 5.80. The molecule has 5 heteroatoms. The molecule has 0 aliphatic heterocycles. The fourth-order valence-corrected chi connectivity index (χ4v) is 2.81. The molecular formula is C13H21NO3S. The second-order valence-corrected chi connectivity index (χ2v) is 6.76. The topological polar surface area (TPSA) is 57.6 Å². The van der Waals surface area contributed by atoms with Crippen molar-refractivity contribution in [3.63, 3.8) is 0 Å². The van der Waals surface area contributed by atoms with E-state index in [1.807, 2.05) is 19.9 Å². The lowest BCUT2D eigenvalue weighted by Gasteiger charge is -2.18. The Balaban J connectivity index is 2.95. The van der Waals surface area contributed by atoms with Gasteiger partial charge in [-0.1, -0.05) is 6.07 Å². The molecule has 0 heterocycles. The lowest BCUT2D eigenvalue weighted by Crippen LogP contribution is -2.29. The van der Waals surface area contributed by atoms with Crippen LogP contribution in [0.2, 0.25) is 0 Å². The summed E-state index contributed by atoms with van der Waals surface area (Å²) in [7, 11) is -1.92. The molecule has 1 aromatic rings. The monoisotopic (exact) mass is 271 g/mol. The first-order chi connectivity index (χ1) is 8.25. The molecule has 0 spiro atoms. The fourth-order valence-electron chi connectivity index (χ4n) is 1.54. The Bertz CT molecular complexity index is 509. The van der Waals surface area contributed by atoms with Crippen LogP contribution in [-0.4, -0.2) is 37.5 Å². The number of aliphatic hydroxyl groups is 1. The molecule has 1 aromatic carbocycles. The normalized spacial score (nSPS) is 13.9. The van der Waals surface area contributed by atoms with Crippen LogP contribution in [0.3, 0.4) is 0 Å². The van der Waals surface area contributed by atoms with E-state index in [4.69, 9.17) is 0 Å². The molecule has 0 aliphatic carbocycles. The number of benzene rings is 1. The SMILES string of the molecule is Cc1ccc(S(=O)(=O)N(C)CCC(C)O)cc1C. The van der Waals surface area contributed by atoms with E-state index in [-0.39, 0.29) is 0 Å². The summed E-state index contributed by atoms with van der Waals surface area (Å²) in [6.07, 6.45) is -0.0666. The quantitative estimate of drug-likeness (QED) is 0.886. The van der Waals surface area contributed by atoms with Crippen molar-refractivity contribution in [2.75, 3.05) is 13.6 Å². The van der Waals surface area contributed by atoms with Crippen LogP contribution in [0, 0.1) is 13.8 Å². The first-order valence-electron chi connectivity index (χ1n) is 5.97. The van der Waals surface area contributed by atoms with Gasteiger partial charge in [0.15, 0.2) is 0 Å². The molecule has 0 radical (unpaired) electrons. The van der Waals surface area contributed by atoms with Gasteiger partial charge in [0.1, 0.15) is 0 Å². The Labute approximate surface area is 109 Å². The van der Waals surface area contributed by atoms with Crippen molar-refractivity contribution < 1.29 is 13.5 Å². The van der Waals surface area contributed by atoms with Crippen LogP contribution in [0.4, 0.5) is 0 Å². The van der Waals surface area contributed by atoms with E-state index < -0.39 is 16.1 Å². The summed E-state index contributed by atoms with van der Waals surface area (Å²) in [4.78, 5) is 0.304. The van der Waals surface area contributed by atoms with Gasteiger partial charge in [0.25, 0.3) is 0 Å². The number of hydrogen-bond acceptors (Lipinski definition) is 3. The fraction of sp³-hybridized carbons (Fsp3) is 0.538. The van der Waals surface area contributed by atoms with Crippen molar-refractivity contribution in [1.29, 1.82) is 0 Å². The molecule has 0 saturated carbocycles. The molecule has 1 unspecified atom stereocenters. The number of hydrogen-bond donors (Lipinski definition) is 1. The molecule has 1 atom stereocenters. The van der Waals surface area contributed by atoms with Gasteiger partial charge in [0, 0.05) is 13.6 Å². The van der Waals surface area contributed by atoms with E-state index in [0.29, 0.717) is 17.9 Å². The van der Waals surface area contributed by atoms with Gasteiger partial charge < -0.3 is 5.11 Å². The van der Waals surface area contributed by atoms with Crippen molar-refractivity contribution in [2.45, 2.75) is 38.2 Å². The number of aliphatic hydroxyl groups excluding tert-OH is 1. The molecule has 0 bridgehead atoms. The zero-order chi connectivity index (χ0) is 13.9. The summed E-state index contributed by atoms with van der Waals surface area (Å²) >= 11 is 0. The Kier molecular flexibility index (Phi) is 4.90. The molecule has 1 rings (SSSR count). The number of rotatable bonds is 5. The van der Waals surface area contributed by atoms with Crippen LogP contribution in [0.15, 0.2) is 23.1 Å². The van der Waals surface area contributed by atoms with E-state index in [9.17, 15) is 13.5 Å². The highest BCUT2D eigenvalue weighted by Gasteiger charge is 2.21. The third-order valence-corrected chi connectivity index (χ3v) is 4.90. The maximum Gasteiger partial charge on any atom is 0.242 e. The van der Waals surface area contributed by atoms with Crippen LogP contribution in [0.25, 0.3) is 0 Å². The van der Waals surface area contributed by atoms with Gasteiger partial charge >= 0.3 is 0 Å². The van der Waals surface area contributed by atoms with Crippen molar-refractivity contribution in [2.24, 2.45) is 0 Å². The summed E-state index contributed by atoms with van der Waals surface area (Å²) in [6, 6.07) is 5.12. The number of aryl methyl sites for hydroxylation is 2. The van der Waals surface area contributed by atoms with Crippen molar-refractivity contribution in [1.82, 2.24) is 4.31 Å². The maximum absolute atomic E-state index is 12.3. The maximum atomic E-state index is 12.3. The molecular weight excluding hydrogens is 250 g/mol. The van der Waals surface area contributed by atoms with Crippen LogP contribution in [0.5, 0.6) is 0 Å². The highest BCUT2D eigenvalue weighted by molar-refractivity contribution is 7.89. The van der Waals surface area contributed by atoms with Gasteiger partial charge in [0.2, 0.25) is 10.0 Å². The first-order valence-corrected chi connectivity index (χ1v) is 7.41. The Morgan fingerprint density at radius 2 is 1.89 bits per heavy atom. The molecule has 18 heavy (non-hydrogen) atoms. The smallest absolute Gasteiger partial charge is 0.242 e. The van der Waals surface area contributed by atoms with Crippen molar-refractivity contribution in [3.05, 3.63) is 29.3 Å². The van der Waals surface area contributed by atoms with Crippen LogP contribution in [-0.2, 0) is 10.0 Å². The number of sulfonamides is 1. The molecule has 0 aliphatic rings. The van der Waals surface area contributed by atoms with Gasteiger partial charge in [-0.15, -0.1) is 0 Å². The Morgan fingerprint density at radius 1 is 1.28 bits per heavy atom. The minimum Gasteiger partial charge on any atom is -0.393 e. The molecule has 0 aromatic heterocycles. The largest absolute Gasteiger partial charge is 0.393 e. The molecule has 0 fully saturated rings. The Hall–Kier alpha value is -0.910. The van der Waals surface area contributed by atoms with Gasteiger partial charge in [-0.3, -0.25) is 0 Å². The minimum atomic E-state index is -3.45. The van der Waals surface area contributed by atoms with E-state index in [1.165, 1.54) is 11.4 Å². The van der Waals surface area contributed by atoms with Gasteiger partial charge in [-0.2, -0.15) is 0 Å². The van der Waals surface area contributed by atoms with Crippen molar-refractivity contribution >= 4 is 10.0 Å². The lowest BCUT2D eigenvalue weighted by molar-refractivity contribution is 0.177. The third kappa shape index (κ3) is 3.54. The summed E-state index contributed by atoms with van der Waals surface area (Å²) in [5, 5.41) is 9.20. The second kappa shape index (κ2) is 5.82. The highest BCUT2D eigenvalue weighted by Crippen LogP contribution is 2.18. The average Bonchev–Trinajstić information content (AvgIpc) is 2.29. The zero-order valence-corrected chi connectivity index (χ0v) is 12.2. The summed E-state index contributed by atoms with van der Waals surface area (Å²) in [5.41, 5.74) is 2.03. The van der Waals surface area contributed by atoms with E-state index >= 15 is 0 Å². The summed E-state index contributed by atoms with van der Waals surface area (Å²) in [5.74, 6) is 0. The lowest BCUT2D eigenvalue weighted by atomic mass is 10.1. The highest BCUT2D eigenvalue weighted by atomic mass is 32.2. The van der Waals surface area contributed by atoms with Gasteiger partial charge in [-0.05, 0) is 50.5 Å². The van der Waals surface area contributed by atoms with E-state index in [0.717, 1.165) is 11.1 Å². The average molecular weight is 271 g/mol. The molecule has 102 valence electrons. The molecule has 0 amide bonds. The predicted octanol–water partition coefficient (Wildman–Crippen LogP) is 1.69. The minimum absolute atomic E-state index is 0.304. The van der Waals surface area contributed by atoms with Crippen molar-refractivity contribution in [3.8, 4) is 0 Å². The first kappa shape index (κ1) is 15.1. The van der Waals surface area contributed by atoms with E-state index in [1.54, 1.807) is 19.1 Å². The molecule has 4 nitrogen and oxygen atoms in total. The van der Waals surface area contributed by atoms with Crippen LogP contribution in [0.1, 0.15) is 24.5 Å². The van der Waals surface area contributed by atoms with Crippen LogP contribution < -0.4 is 0 Å². The molecule has 1 N–H and O–H groups in total. The van der Waals surface area contributed by atoms with E-state index in [2.05, 4.69) is 0 Å². The zero-order valence-electron chi connectivity index (χ0n) is 11.3.